The lowest BCUT2D eigenvalue weighted by Crippen LogP contribution is -2.62. The van der Waals surface area contributed by atoms with Crippen molar-refractivity contribution in [1.82, 2.24) is 24.8 Å². The topological polar surface area (TPSA) is 104 Å². The first-order valence-corrected chi connectivity index (χ1v) is 17.8. The van der Waals surface area contributed by atoms with Crippen LogP contribution in [0.2, 0.25) is 5.02 Å². The van der Waals surface area contributed by atoms with Crippen LogP contribution in [0.5, 0.6) is 17.6 Å². The molecule has 4 atom stereocenters. The maximum absolute atomic E-state index is 16.6. The number of pyridine rings is 1. The monoisotopic (exact) mass is 768 g/mol. The number of phenols is 1. The third kappa shape index (κ3) is 7.44. The molecular weight excluding hydrogens is 730 g/mol. The number of aromatic hydroxyl groups is 1. The number of nitrogens with zero attached hydrogens (tertiary/aromatic N) is 6. The van der Waals surface area contributed by atoms with E-state index in [1.165, 1.54) is 45.1 Å². The second kappa shape index (κ2) is 15.2. The van der Waals surface area contributed by atoms with E-state index in [0.29, 0.717) is 18.0 Å². The van der Waals surface area contributed by atoms with Gasteiger partial charge in [-0.1, -0.05) is 24.6 Å². The molecule has 0 bridgehead atoms. The summed E-state index contributed by atoms with van der Waals surface area (Å²) < 4.78 is 95.0. The quantitative estimate of drug-likeness (QED) is 0.200. The van der Waals surface area contributed by atoms with Crippen molar-refractivity contribution in [3.63, 3.8) is 0 Å². The van der Waals surface area contributed by atoms with Crippen LogP contribution in [-0.4, -0.2) is 106 Å². The first-order chi connectivity index (χ1) is 25.2. The van der Waals surface area contributed by atoms with Crippen molar-refractivity contribution in [1.29, 1.82) is 0 Å². The molecule has 10 nitrogen and oxygen atoms in total. The van der Waals surface area contributed by atoms with Gasteiger partial charge in [0.15, 0.2) is 5.82 Å². The number of aromatic nitrogens is 3. The lowest BCUT2D eigenvalue weighted by atomic mass is 9.99. The summed E-state index contributed by atoms with van der Waals surface area (Å²) in [5, 5.41) is 10.5. The van der Waals surface area contributed by atoms with Gasteiger partial charge in [0.2, 0.25) is 5.88 Å². The number of fused-ring (bicyclic) bond motifs is 3. The Kier molecular flexibility index (Phi) is 11.0. The molecule has 7 rings (SSSR count). The number of ether oxygens (including phenoxy) is 2. The average molecular weight is 769 g/mol. The second-order valence-corrected chi connectivity index (χ2v) is 13.8. The van der Waals surface area contributed by atoms with Gasteiger partial charge in [0.25, 0.3) is 0 Å². The maximum atomic E-state index is 16.6. The van der Waals surface area contributed by atoms with Gasteiger partial charge in [-0.2, -0.15) is 23.1 Å². The molecule has 0 spiro atoms. The SMILES string of the molecule is CCOc1nc(-c2cc(O)cc3ccc(F)c(Cl)c23)c(F)c2nc(OC)nc(N3CC(C)N(C(=O)C(F)(F)F)C(CC)C3)c12.FC1CC2CCCN2C1. The van der Waals surface area contributed by atoms with Gasteiger partial charge in [-0.3, -0.25) is 9.69 Å². The Hall–Kier alpha value is -4.31. The zero-order valence-corrected chi connectivity index (χ0v) is 30.2. The van der Waals surface area contributed by atoms with Gasteiger partial charge in [0.05, 0.1) is 18.7 Å². The standard InChI is InChI=1S/C29H27ClF5N5O4.C7H12FN/c1-5-15-12-39(11-13(3)40(15)27(42)29(33,34)35)25-20-24(37-28(38-25)43-4)22(32)23(36-26(20)44-6-2)17-10-16(41)9-14-7-8-18(31)21(30)19(14)17;8-6-4-7-2-1-3-9(7)5-6/h7-10,13,15,41H,5-6,11-12H2,1-4H3;6-7H,1-5H2. The molecule has 1 amide bonds. The third-order valence-corrected chi connectivity index (χ3v) is 10.3. The molecule has 4 aromatic rings. The van der Waals surface area contributed by atoms with Crippen LogP contribution in [0.15, 0.2) is 24.3 Å². The van der Waals surface area contributed by atoms with E-state index >= 15 is 4.39 Å². The molecule has 286 valence electrons. The fourth-order valence-corrected chi connectivity index (χ4v) is 7.91. The van der Waals surface area contributed by atoms with E-state index in [1.54, 1.807) is 18.7 Å². The second-order valence-electron chi connectivity index (χ2n) is 13.4. The van der Waals surface area contributed by atoms with Gasteiger partial charge in [-0.25, -0.2) is 18.2 Å². The van der Waals surface area contributed by atoms with E-state index in [4.69, 9.17) is 21.1 Å². The van der Waals surface area contributed by atoms with Crippen molar-refractivity contribution >= 4 is 45.0 Å². The summed E-state index contributed by atoms with van der Waals surface area (Å²) in [7, 11) is 1.26. The summed E-state index contributed by atoms with van der Waals surface area (Å²) in [4.78, 5) is 30.0. The molecular formula is C36H39ClF6N6O4. The van der Waals surface area contributed by atoms with Crippen LogP contribution < -0.4 is 14.4 Å². The number of carbonyl (C=O) groups excluding carboxylic acids is 1. The Morgan fingerprint density at radius 1 is 1.08 bits per heavy atom. The number of amides is 1. The Balaban J connectivity index is 0.000000461. The van der Waals surface area contributed by atoms with Crippen molar-refractivity contribution in [3.8, 4) is 28.9 Å². The van der Waals surface area contributed by atoms with Crippen LogP contribution in [0.3, 0.4) is 0 Å². The number of hydrogen-bond acceptors (Lipinski definition) is 9. The molecule has 17 heteroatoms. The minimum absolute atomic E-state index is 0.00767. The third-order valence-electron chi connectivity index (χ3n) is 9.91. The van der Waals surface area contributed by atoms with Crippen LogP contribution in [0.1, 0.15) is 46.5 Å². The maximum Gasteiger partial charge on any atom is 0.471 e. The van der Waals surface area contributed by atoms with Crippen LogP contribution in [0.4, 0.5) is 32.2 Å². The van der Waals surface area contributed by atoms with Gasteiger partial charge >= 0.3 is 18.1 Å². The first-order valence-electron chi connectivity index (χ1n) is 17.4. The highest BCUT2D eigenvalue weighted by Gasteiger charge is 2.48. The molecule has 2 aromatic heterocycles. The molecule has 3 aliphatic rings. The van der Waals surface area contributed by atoms with Crippen LogP contribution in [0, 0.1) is 11.6 Å². The van der Waals surface area contributed by atoms with Crippen molar-refractivity contribution in [2.45, 2.75) is 76.9 Å². The van der Waals surface area contributed by atoms with Crippen molar-refractivity contribution in [2.75, 3.05) is 44.8 Å². The van der Waals surface area contributed by atoms with Crippen molar-refractivity contribution in [3.05, 3.63) is 40.9 Å². The highest BCUT2D eigenvalue weighted by molar-refractivity contribution is 6.37. The van der Waals surface area contributed by atoms with Gasteiger partial charge in [-0.05, 0) is 69.7 Å². The largest absolute Gasteiger partial charge is 0.508 e. The molecule has 3 fully saturated rings. The van der Waals surface area contributed by atoms with Crippen LogP contribution in [-0.2, 0) is 4.79 Å². The van der Waals surface area contributed by atoms with E-state index in [-0.39, 0.29) is 82.1 Å². The number of methoxy groups -OCH3 is 1. The zero-order valence-electron chi connectivity index (χ0n) is 29.5. The lowest BCUT2D eigenvalue weighted by Gasteiger charge is -2.46. The normalized spacial score (nSPS) is 21.9. The van der Waals surface area contributed by atoms with E-state index in [2.05, 4.69) is 19.9 Å². The van der Waals surface area contributed by atoms with Crippen LogP contribution >= 0.6 is 11.6 Å². The van der Waals surface area contributed by atoms with Gasteiger partial charge < -0.3 is 24.4 Å². The summed E-state index contributed by atoms with van der Waals surface area (Å²) in [6.07, 6.45) is -2.05. The fraction of sp³-hybridized carbons (Fsp3) is 0.500. The Morgan fingerprint density at radius 3 is 2.49 bits per heavy atom. The molecule has 1 N–H and O–H groups in total. The highest BCUT2D eigenvalue weighted by atomic mass is 35.5. The van der Waals surface area contributed by atoms with Gasteiger partial charge in [0.1, 0.15) is 40.2 Å². The molecule has 53 heavy (non-hydrogen) atoms. The summed E-state index contributed by atoms with van der Waals surface area (Å²) in [5.41, 5.74) is -0.705. The molecule has 0 saturated carbocycles. The number of phenolic OH excluding ortho intramolecular Hbond substituents is 1. The van der Waals surface area contributed by atoms with E-state index in [0.717, 1.165) is 23.9 Å². The zero-order chi connectivity index (χ0) is 38.4. The first kappa shape index (κ1) is 38.4. The molecule has 0 aliphatic carbocycles. The number of anilines is 1. The molecule has 3 saturated heterocycles. The smallest absolute Gasteiger partial charge is 0.471 e. The average Bonchev–Trinajstić information content (AvgIpc) is 3.70. The Labute approximate surface area is 306 Å². The van der Waals surface area contributed by atoms with Crippen molar-refractivity contribution < 1.29 is 45.7 Å². The highest BCUT2D eigenvalue weighted by Crippen LogP contribution is 2.43. The van der Waals surface area contributed by atoms with Gasteiger partial charge in [-0.15, -0.1) is 0 Å². The fourth-order valence-electron chi connectivity index (χ4n) is 7.63. The molecule has 2 aromatic carbocycles. The summed E-state index contributed by atoms with van der Waals surface area (Å²) >= 11 is 6.29. The van der Waals surface area contributed by atoms with Gasteiger partial charge in [0, 0.05) is 48.7 Å². The number of piperazine rings is 1. The molecule has 4 unspecified atom stereocenters. The number of carbonyl (C=O) groups is 1. The minimum atomic E-state index is -5.05. The minimum Gasteiger partial charge on any atom is -0.508 e. The number of alkyl halides is 4. The molecule has 0 radical (unpaired) electrons. The number of benzene rings is 2. The van der Waals surface area contributed by atoms with Crippen molar-refractivity contribution in [2.24, 2.45) is 0 Å². The Bertz CT molecular complexity index is 2010. The summed E-state index contributed by atoms with van der Waals surface area (Å²) in [6.45, 7) is 6.56. The van der Waals surface area contributed by atoms with Crippen LogP contribution in [0.25, 0.3) is 32.9 Å². The molecule has 5 heterocycles. The predicted molar refractivity (Wildman–Crippen MR) is 187 cm³/mol. The molecule has 3 aliphatic heterocycles. The van der Waals surface area contributed by atoms with E-state index in [9.17, 15) is 31.9 Å². The van der Waals surface area contributed by atoms with E-state index < -0.39 is 42.0 Å². The lowest BCUT2D eigenvalue weighted by molar-refractivity contribution is -0.190. The summed E-state index contributed by atoms with van der Waals surface area (Å²) in [6, 6.07) is 3.61. The number of hydrogen-bond donors (Lipinski definition) is 1. The Morgan fingerprint density at radius 2 is 1.83 bits per heavy atom. The number of halogens is 7. The van der Waals surface area contributed by atoms with E-state index in [1.807, 2.05) is 0 Å². The number of rotatable bonds is 6. The summed E-state index contributed by atoms with van der Waals surface area (Å²) in [5.74, 6) is -4.03. The predicted octanol–water partition coefficient (Wildman–Crippen LogP) is 7.46.